The number of anilines is 1. The van der Waals surface area contributed by atoms with Gasteiger partial charge in [-0.3, -0.25) is 14.5 Å². The van der Waals surface area contributed by atoms with Gasteiger partial charge in [0.1, 0.15) is 5.70 Å². The van der Waals surface area contributed by atoms with Crippen molar-refractivity contribution < 1.29 is 9.59 Å². The lowest BCUT2D eigenvalue weighted by molar-refractivity contribution is -0.119. The number of nitrogens with one attached hydrogen (secondary N) is 1. The standard InChI is InChI=1S/C24H23Cl2N3O2S/c25-19-12-7-13-20(26)18(19)14-21-23(31)29(17-10-5-2-6-11-17)24(28-21)32-15-22(30)27-16-8-3-1-4-9-16/h2,5-7,10-14,16H,1,3-4,8-9,15H2,(H,27,30)/b21-14-. The number of hydrogen-bond acceptors (Lipinski definition) is 4. The van der Waals surface area contributed by atoms with Crippen molar-refractivity contribution in [2.45, 2.75) is 38.1 Å². The van der Waals surface area contributed by atoms with Gasteiger partial charge in [0.05, 0.1) is 11.4 Å². The van der Waals surface area contributed by atoms with Crippen molar-refractivity contribution in [3.8, 4) is 0 Å². The molecule has 1 aliphatic heterocycles. The summed E-state index contributed by atoms with van der Waals surface area (Å²) in [5, 5.41) is 4.43. The van der Waals surface area contributed by atoms with Crippen LogP contribution in [0, 0.1) is 0 Å². The quantitative estimate of drug-likeness (QED) is 0.532. The second kappa shape index (κ2) is 10.6. The maximum atomic E-state index is 13.2. The van der Waals surface area contributed by atoms with E-state index in [2.05, 4.69) is 10.3 Å². The molecule has 1 aliphatic carbocycles. The molecule has 0 aromatic heterocycles. The molecule has 2 aliphatic rings. The number of thioether (sulfide) groups is 1. The number of amidine groups is 1. The van der Waals surface area contributed by atoms with Gasteiger partial charge in [-0.25, -0.2) is 4.99 Å². The third-order valence-electron chi connectivity index (χ3n) is 5.43. The Morgan fingerprint density at radius 1 is 1.06 bits per heavy atom. The van der Waals surface area contributed by atoms with Gasteiger partial charge in [0.2, 0.25) is 5.91 Å². The molecule has 2 aromatic rings. The number of halogens is 2. The SMILES string of the molecule is O=C(CSC1=N/C(=C\c2c(Cl)cccc2Cl)C(=O)N1c1ccccc1)NC1CCCCC1. The van der Waals surface area contributed by atoms with Crippen LogP contribution >= 0.6 is 35.0 Å². The Morgan fingerprint density at radius 2 is 1.75 bits per heavy atom. The molecule has 2 aromatic carbocycles. The van der Waals surface area contributed by atoms with E-state index in [-0.39, 0.29) is 29.3 Å². The van der Waals surface area contributed by atoms with Crippen LogP contribution < -0.4 is 10.2 Å². The van der Waals surface area contributed by atoms with Gasteiger partial charge in [0.25, 0.3) is 5.91 Å². The summed E-state index contributed by atoms with van der Waals surface area (Å²) in [5.74, 6) is -0.148. The topological polar surface area (TPSA) is 61.8 Å². The minimum atomic E-state index is -0.289. The van der Waals surface area contributed by atoms with E-state index in [0.29, 0.717) is 26.5 Å². The lowest BCUT2D eigenvalue weighted by Crippen LogP contribution is -2.38. The highest BCUT2D eigenvalue weighted by Gasteiger charge is 2.32. The molecule has 0 radical (unpaired) electrons. The molecule has 0 spiro atoms. The second-order valence-corrected chi connectivity index (χ2v) is 9.48. The zero-order chi connectivity index (χ0) is 22.5. The Balaban J connectivity index is 1.56. The van der Waals surface area contributed by atoms with E-state index in [1.54, 1.807) is 24.3 Å². The van der Waals surface area contributed by atoms with Gasteiger partial charge in [0, 0.05) is 21.7 Å². The summed E-state index contributed by atoms with van der Waals surface area (Å²) >= 11 is 13.8. The number of hydrogen-bond donors (Lipinski definition) is 1. The number of para-hydroxylation sites is 1. The lowest BCUT2D eigenvalue weighted by Gasteiger charge is -2.23. The van der Waals surface area contributed by atoms with Crippen molar-refractivity contribution in [1.82, 2.24) is 5.32 Å². The molecule has 1 fully saturated rings. The summed E-state index contributed by atoms with van der Waals surface area (Å²) < 4.78 is 0. The fourth-order valence-electron chi connectivity index (χ4n) is 3.83. The third kappa shape index (κ3) is 5.37. The molecule has 8 heteroatoms. The number of nitrogens with zero attached hydrogens (tertiary/aromatic N) is 2. The summed E-state index contributed by atoms with van der Waals surface area (Å²) in [6.45, 7) is 0. The monoisotopic (exact) mass is 487 g/mol. The fraction of sp³-hybridized carbons (Fsp3) is 0.292. The summed E-state index contributed by atoms with van der Waals surface area (Å²) in [7, 11) is 0. The molecule has 1 saturated carbocycles. The second-order valence-electron chi connectivity index (χ2n) is 7.73. The Morgan fingerprint density at radius 3 is 2.44 bits per heavy atom. The summed E-state index contributed by atoms with van der Waals surface area (Å²) in [4.78, 5) is 31.8. The van der Waals surface area contributed by atoms with Crippen LogP contribution in [0.15, 0.2) is 59.2 Å². The Kier molecular flexibility index (Phi) is 7.55. The van der Waals surface area contributed by atoms with E-state index in [1.165, 1.54) is 23.1 Å². The molecular formula is C24H23Cl2N3O2S. The number of rotatable bonds is 5. The highest BCUT2D eigenvalue weighted by molar-refractivity contribution is 8.14. The fourth-order valence-corrected chi connectivity index (χ4v) is 5.16. The highest BCUT2D eigenvalue weighted by atomic mass is 35.5. The molecule has 1 N–H and O–H groups in total. The van der Waals surface area contributed by atoms with Crippen molar-refractivity contribution in [2.24, 2.45) is 4.99 Å². The molecule has 5 nitrogen and oxygen atoms in total. The zero-order valence-corrected chi connectivity index (χ0v) is 19.7. The Bertz CT molecular complexity index is 1050. The Labute approximate surface area is 201 Å². The highest BCUT2D eigenvalue weighted by Crippen LogP contribution is 2.32. The number of benzene rings is 2. The molecule has 0 bridgehead atoms. The number of carbonyl (C=O) groups excluding carboxylic acids is 2. The van der Waals surface area contributed by atoms with Gasteiger partial charge in [-0.05, 0) is 43.2 Å². The number of aliphatic imine (C=N–C) groups is 1. The van der Waals surface area contributed by atoms with E-state index < -0.39 is 0 Å². The predicted octanol–water partition coefficient (Wildman–Crippen LogP) is 5.92. The van der Waals surface area contributed by atoms with Crippen LogP contribution in [0.5, 0.6) is 0 Å². The van der Waals surface area contributed by atoms with Crippen molar-refractivity contribution >= 4 is 63.7 Å². The van der Waals surface area contributed by atoms with Crippen LogP contribution in [0.3, 0.4) is 0 Å². The van der Waals surface area contributed by atoms with Gasteiger partial charge in [-0.15, -0.1) is 0 Å². The molecule has 0 saturated heterocycles. The molecule has 2 amide bonds. The van der Waals surface area contributed by atoms with E-state index in [0.717, 1.165) is 25.7 Å². The van der Waals surface area contributed by atoms with Crippen molar-refractivity contribution in [2.75, 3.05) is 10.7 Å². The predicted molar refractivity (Wildman–Crippen MR) is 133 cm³/mol. The first-order valence-electron chi connectivity index (χ1n) is 10.6. The first-order valence-corrected chi connectivity index (χ1v) is 12.3. The van der Waals surface area contributed by atoms with E-state index in [9.17, 15) is 9.59 Å². The van der Waals surface area contributed by atoms with Crippen LogP contribution in [0.25, 0.3) is 6.08 Å². The average Bonchev–Trinajstić information content (AvgIpc) is 3.11. The molecule has 1 heterocycles. The van der Waals surface area contributed by atoms with Crippen molar-refractivity contribution in [3.05, 3.63) is 69.8 Å². The van der Waals surface area contributed by atoms with E-state index >= 15 is 0 Å². The van der Waals surface area contributed by atoms with Crippen molar-refractivity contribution in [3.63, 3.8) is 0 Å². The maximum Gasteiger partial charge on any atom is 0.283 e. The minimum Gasteiger partial charge on any atom is -0.353 e. The van der Waals surface area contributed by atoms with Crippen molar-refractivity contribution in [1.29, 1.82) is 0 Å². The van der Waals surface area contributed by atoms with Crippen LogP contribution in [-0.4, -0.2) is 28.8 Å². The molecule has 0 atom stereocenters. The Hall–Kier alpha value is -2.28. The smallest absolute Gasteiger partial charge is 0.283 e. The summed E-state index contributed by atoms with van der Waals surface area (Å²) in [6.07, 6.45) is 7.18. The average molecular weight is 488 g/mol. The summed E-state index contributed by atoms with van der Waals surface area (Å²) in [6, 6.07) is 14.7. The minimum absolute atomic E-state index is 0.0448. The summed E-state index contributed by atoms with van der Waals surface area (Å²) in [5.41, 5.74) is 1.45. The van der Waals surface area contributed by atoms with Crippen LogP contribution in [-0.2, 0) is 9.59 Å². The lowest BCUT2D eigenvalue weighted by atomic mass is 9.95. The van der Waals surface area contributed by atoms with Gasteiger partial charge >= 0.3 is 0 Å². The van der Waals surface area contributed by atoms with E-state index in [1.807, 2.05) is 30.3 Å². The first-order chi connectivity index (χ1) is 15.5. The molecule has 32 heavy (non-hydrogen) atoms. The van der Waals surface area contributed by atoms with Crippen LogP contribution in [0.2, 0.25) is 10.0 Å². The van der Waals surface area contributed by atoms with Gasteiger partial charge < -0.3 is 5.32 Å². The number of carbonyl (C=O) groups is 2. The van der Waals surface area contributed by atoms with Gasteiger partial charge in [-0.2, -0.15) is 0 Å². The van der Waals surface area contributed by atoms with Gasteiger partial charge in [0.15, 0.2) is 5.17 Å². The zero-order valence-electron chi connectivity index (χ0n) is 17.4. The van der Waals surface area contributed by atoms with Crippen LogP contribution in [0.1, 0.15) is 37.7 Å². The van der Waals surface area contributed by atoms with Crippen LogP contribution in [0.4, 0.5) is 5.69 Å². The molecule has 4 rings (SSSR count). The largest absolute Gasteiger partial charge is 0.353 e. The van der Waals surface area contributed by atoms with Gasteiger partial charge in [-0.1, -0.05) is 78.5 Å². The molecule has 166 valence electrons. The molecular weight excluding hydrogens is 465 g/mol. The normalized spacial score (nSPS) is 18.2. The number of amides is 2. The maximum absolute atomic E-state index is 13.2. The third-order valence-corrected chi connectivity index (χ3v) is 7.03. The van der Waals surface area contributed by atoms with E-state index in [4.69, 9.17) is 23.2 Å². The molecule has 0 unspecified atom stereocenters. The first kappa shape index (κ1) is 22.9.